The van der Waals surface area contributed by atoms with Crippen LogP contribution in [0.15, 0.2) is 60.7 Å². The summed E-state index contributed by atoms with van der Waals surface area (Å²) in [7, 11) is 0. The van der Waals surface area contributed by atoms with E-state index in [1.54, 1.807) is 12.1 Å². The Morgan fingerprint density at radius 1 is 0.952 bits per heavy atom. The van der Waals surface area contributed by atoms with Gasteiger partial charge in [0.25, 0.3) is 0 Å². The van der Waals surface area contributed by atoms with Crippen molar-refractivity contribution in [1.29, 1.82) is 0 Å². The maximum Gasteiger partial charge on any atom is 0.147 e. The minimum atomic E-state index is -0.338. The maximum atomic E-state index is 13.9. The topological polar surface area (TPSA) is 12.0 Å². The average molecular weight is 300 g/mol. The molecule has 1 atom stereocenters. The maximum absolute atomic E-state index is 13.9. The van der Waals surface area contributed by atoms with Crippen molar-refractivity contribution in [1.82, 2.24) is 0 Å². The van der Waals surface area contributed by atoms with Crippen LogP contribution in [0.25, 0.3) is 10.8 Å². The monoisotopic (exact) mass is 299 g/mol. The van der Waals surface area contributed by atoms with Crippen molar-refractivity contribution in [2.75, 3.05) is 5.32 Å². The van der Waals surface area contributed by atoms with Crippen LogP contribution in [-0.4, -0.2) is 0 Å². The molecule has 0 aliphatic heterocycles. The molecule has 1 nitrogen and oxygen atoms in total. The molecule has 0 fully saturated rings. The van der Waals surface area contributed by atoms with Gasteiger partial charge in [-0.25, -0.2) is 4.39 Å². The Labute approximate surface area is 128 Å². The zero-order chi connectivity index (χ0) is 14.8. The van der Waals surface area contributed by atoms with Crippen molar-refractivity contribution in [2.24, 2.45) is 0 Å². The Morgan fingerprint density at radius 2 is 1.67 bits per heavy atom. The van der Waals surface area contributed by atoms with Crippen LogP contribution < -0.4 is 5.32 Å². The smallest absolute Gasteiger partial charge is 0.147 e. The lowest BCUT2D eigenvalue weighted by Crippen LogP contribution is -2.09. The quantitative estimate of drug-likeness (QED) is 0.644. The van der Waals surface area contributed by atoms with Gasteiger partial charge >= 0.3 is 0 Å². The molecular weight excluding hydrogens is 285 g/mol. The fourth-order valence-electron chi connectivity index (χ4n) is 2.56. The van der Waals surface area contributed by atoms with Crippen LogP contribution in [0.3, 0.4) is 0 Å². The number of halogens is 2. The summed E-state index contributed by atoms with van der Waals surface area (Å²) in [4.78, 5) is 0. The SMILES string of the molecule is CC(Nc1c(F)cccc1Cl)c1cccc2ccccc12. The predicted molar refractivity (Wildman–Crippen MR) is 87.4 cm³/mol. The van der Waals surface area contributed by atoms with Crippen LogP contribution in [0.4, 0.5) is 10.1 Å². The molecule has 3 aromatic rings. The first kappa shape index (κ1) is 13.9. The molecule has 0 bridgehead atoms. The number of para-hydroxylation sites is 1. The van der Waals surface area contributed by atoms with E-state index in [2.05, 4.69) is 29.6 Å². The summed E-state index contributed by atoms with van der Waals surface area (Å²) in [5.74, 6) is -0.338. The van der Waals surface area contributed by atoms with E-state index in [1.807, 2.05) is 25.1 Å². The standard InChI is InChI=1S/C18H15ClFN/c1-12(21-18-16(19)10-5-11-17(18)20)14-9-4-7-13-6-2-3-8-15(13)14/h2-12,21H,1H3. The van der Waals surface area contributed by atoms with Gasteiger partial charge in [-0.15, -0.1) is 0 Å². The summed E-state index contributed by atoms with van der Waals surface area (Å²) in [6.07, 6.45) is 0. The molecule has 0 aliphatic rings. The number of benzene rings is 3. The van der Waals surface area contributed by atoms with Crippen molar-refractivity contribution >= 4 is 28.1 Å². The second kappa shape index (κ2) is 5.74. The first-order valence-corrected chi connectivity index (χ1v) is 7.23. The molecule has 0 aliphatic carbocycles. The van der Waals surface area contributed by atoms with E-state index < -0.39 is 0 Å². The second-order valence-corrected chi connectivity index (χ2v) is 5.44. The average Bonchev–Trinajstić information content (AvgIpc) is 2.50. The number of nitrogens with one attached hydrogen (secondary N) is 1. The summed E-state index contributed by atoms with van der Waals surface area (Å²) in [5.41, 5.74) is 1.46. The molecule has 0 radical (unpaired) electrons. The normalized spacial score (nSPS) is 12.3. The highest BCUT2D eigenvalue weighted by atomic mass is 35.5. The first-order valence-electron chi connectivity index (χ1n) is 6.85. The van der Waals surface area contributed by atoms with Crippen LogP contribution in [-0.2, 0) is 0 Å². The van der Waals surface area contributed by atoms with Crippen molar-refractivity contribution in [3.8, 4) is 0 Å². The number of hydrogen-bond acceptors (Lipinski definition) is 1. The minimum Gasteiger partial charge on any atom is -0.375 e. The minimum absolute atomic E-state index is 0.0505. The third kappa shape index (κ3) is 2.72. The molecular formula is C18H15ClFN. The lowest BCUT2D eigenvalue weighted by atomic mass is 9.99. The van der Waals surface area contributed by atoms with E-state index in [0.717, 1.165) is 10.9 Å². The van der Waals surface area contributed by atoms with E-state index in [-0.39, 0.29) is 11.9 Å². The van der Waals surface area contributed by atoms with Gasteiger partial charge in [-0.2, -0.15) is 0 Å². The zero-order valence-electron chi connectivity index (χ0n) is 11.6. The van der Waals surface area contributed by atoms with E-state index in [0.29, 0.717) is 10.7 Å². The molecule has 3 heteroatoms. The highest BCUT2D eigenvalue weighted by molar-refractivity contribution is 6.33. The Bertz CT molecular complexity index is 760. The number of rotatable bonds is 3. The molecule has 0 heterocycles. The summed E-state index contributed by atoms with van der Waals surface area (Å²) >= 11 is 6.08. The van der Waals surface area contributed by atoms with Crippen LogP contribution >= 0.6 is 11.6 Å². The predicted octanol–water partition coefficient (Wildman–Crippen LogP) is 5.81. The Kier molecular flexibility index (Phi) is 3.80. The Morgan fingerprint density at radius 3 is 2.48 bits per heavy atom. The lowest BCUT2D eigenvalue weighted by molar-refractivity contribution is 0.627. The lowest BCUT2D eigenvalue weighted by Gasteiger charge is -2.19. The van der Waals surface area contributed by atoms with Gasteiger partial charge in [0.1, 0.15) is 5.82 Å². The Balaban J connectivity index is 2.00. The van der Waals surface area contributed by atoms with E-state index >= 15 is 0 Å². The third-order valence-corrected chi connectivity index (χ3v) is 3.93. The third-order valence-electron chi connectivity index (χ3n) is 3.61. The van der Waals surface area contributed by atoms with E-state index in [1.165, 1.54) is 11.5 Å². The number of anilines is 1. The van der Waals surface area contributed by atoms with Crippen LogP contribution in [0.5, 0.6) is 0 Å². The molecule has 106 valence electrons. The Hall–Kier alpha value is -2.06. The van der Waals surface area contributed by atoms with Crippen molar-refractivity contribution in [3.63, 3.8) is 0 Å². The van der Waals surface area contributed by atoms with Crippen LogP contribution in [0.1, 0.15) is 18.5 Å². The van der Waals surface area contributed by atoms with Gasteiger partial charge in [-0.1, -0.05) is 60.1 Å². The molecule has 1 N–H and O–H groups in total. The van der Waals surface area contributed by atoms with E-state index in [9.17, 15) is 4.39 Å². The second-order valence-electron chi connectivity index (χ2n) is 5.03. The van der Waals surface area contributed by atoms with Crippen molar-refractivity contribution in [3.05, 3.63) is 77.1 Å². The first-order chi connectivity index (χ1) is 10.2. The molecule has 0 aromatic heterocycles. The van der Waals surface area contributed by atoms with Crippen LogP contribution in [0, 0.1) is 5.82 Å². The van der Waals surface area contributed by atoms with Gasteiger partial charge in [0.2, 0.25) is 0 Å². The molecule has 0 saturated carbocycles. The molecule has 3 rings (SSSR count). The summed E-state index contributed by atoms with van der Waals surface area (Å²) in [6, 6.07) is 18.9. The van der Waals surface area contributed by atoms with Gasteiger partial charge in [0.15, 0.2) is 0 Å². The zero-order valence-corrected chi connectivity index (χ0v) is 12.4. The fourth-order valence-corrected chi connectivity index (χ4v) is 2.78. The summed E-state index contributed by atoms with van der Waals surface area (Å²) in [5, 5.41) is 5.90. The molecule has 0 amide bonds. The van der Waals surface area contributed by atoms with Crippen LogP contribution in [0.2, 0.25) is 5.02 Å². The number of fused-ring (bicyclic) bond motifs is 1. The highest BCUT2D eigenvalue weighted by Crippen LogP contribution is 2.31. The molecule has 1 unspecified atom stereocenters. The van der Waals surface area contributed by atoms with Gasteiger partial charge in [-0.05, 0) is 35.4 Å². The van der Waals surface area contributed by atoms with E-state index in [4.69, 9.17) is 11.6 Å². The molecule has 0 spiro atoms. The summed E-state index contributed by atoms with van der Waals surface area (Å²) in [6.45, 7) is 2.00. The van der Waals surface area contributed by atoms with Crippen molar-refractivity contribution in [2.45, 2.75) is 13.0 Å². The molecule has 3 aromatic carbocycles. The van der Waals surface area contributed by atoms with Crippen molar-refractivity contribution < 1.29 is 4.39 Å². The van der Waals surface area contributed by atoms with Gasteiger partial charge in [0, 0.05) is 6.04 Å². The largest absolute Gasteiger partial charge is 0.375 e. The van der Waals surface area contributed by atoms with Gasteiger partial charge in [0.05, 0.1) is 10.7 Å². The van der Waals surface area contributed by atoms with Gasteiger partial charge in [-0.3, -0.25) is 0 Å². The summed E-state index contributed by atoms with van der Waals surface area (Å²) < 4.78 is 13.9. The molecule has 21 heavy (non-hydrogen) atoms. The fraction of sp³-hybridized carbons (Fsp3) is 0.111. The highest BCUT2D eigenvalue weighted by Gasteiger charge is 2.13. The number of hydrogen-bond donors (Lipinski definition) is 1. The van der Waals surface area contributed by atoms with Gasteiger partial charge < -0.3 is 5.32 Å². The molecule has 0 saturated heterocycles.